The highest BCUT2D eigenvalue weighted by atomic mass is 79.9. The molecular weight excluding hydrogens is 422 g/mol. The van der Waals surface area contributed by atoms with E-state index in [1.54, 1.807) is 6.07 Å². The number of likely N-dealkylation sites (N-methyl/N-ethyl adjacent to an activating group) is 1. The molecule has 1 aromatic heterocycles. The first-order valence-corrected chi connectivity index (χ1v) is 10.4. The lowest BCUT2D eigenvalue weighted by molar-refractivity contribution is -0.132. The van der Waals surface area contributed by atoms with Crippen molar-refractivity contribution in [1.82, 2.24) is 24.9 Å². The number of H-pyrrole nitrogens is 1. The molecule has 1 saturated heterocycles. The summed E-state index contributed by atoms with van der Waals surface area (Å²) < 4.78 is 1.00. The average molecular weight is 448 g/mol. The Morgan fingerprint density at radius 2 is 1.75 bits per heavy atom. The molecule has 7 nitrogen and oxygen atoms in total. The van der Waals surface area contributed by atoms with Crippen LogP contribution in [0, 0.1) is 0 Å². The zero-order chi connectivity index (χ0) is 20.1. The summed E-state index contributed by atoms with van der Waals surface area (Å²) in [4.78, 5) is 30.8. The quantitative estimate of drug-likeness (QED) is 0.737. The smallest absolute Gasteiger partial charge is 0.271 e. The summed E-state index contributed by atoms with van der Waals surface area (Å²) in [7, 11) is 0. The minimum Gasteiger partial charge on any atom is -0.342 e. The maximum absolute atomic E-state index is 12.8. The Hall–Kier alpha value is -2.19. The molecule has 3 rings (SSSR count). The van der Waals surface area contributed by atoms with Gasteiger partial charge in [0.2, 0.25) is 5.91 Å². The van der Waals surface area contributed by atoms with Gasteiger partial charge in [0.15, 0.2) is 0 Å². The van der Waals surface area contributed by atoms with Gasteiger partial charge in [-0.05, 0) is 32.0 Å². The fourth-order valence-corrected chi connectivity index (χ4v) is 3.61. The van der Waals surface area contributed by atoms with Crippen molar-refractivity contribution in [1.29, 1.82) is 0 Å². The number of aromatic amines is 1. The zero-order valence-electron chi connectivity index (χ0n) is 16.3. The third-order valence-corrected chi connectivity index (χ3v) is 5.61. The number of carbonyl (C=O) groups is 2. The molecule has 0 atom stereocenters. The van der Waals surface area contributed by atoms with Crippen molar-refractivity contribution in [3.05, 3.63) is 40.5 Å². The number of nitrogens with zero attached hydrogens (tertiary/aromatic N) is 4. The molecule has 0 bridgehead atoms. The third-order valence-electron chi connectivity index (χ3n) is 5.08. The SMILES string of the molecule is CCN(CC)C(=O)CN1CCN(C(=O)c2cc(-c3ccc(Br)cc3)n[nH]2)CC1. The predicted octanol–water partition coefficient (Wildman–Crippen LogP) is 2.47. The van der Waals surface area contributed by atoms with Crippen LogP contribution in [0.1, 0.15) is 24.3 Å². The van der Waals surface area contributed by atoms with Crippen molar-refractivity contribution in [3.63, 3.8) is 0 Å². The van der Waals surface area contributed by atoms with Crippen LogP contribution in [-0.2, 0) is 4.79 Å². The van der Waals surface area contributed by atoms with Crippen molar-refractivity contribution in [2.75, 3.05) is 45.8 Å². The minimum absolute atomic E-state index is 0.0504. The Morgan fingerprint density at radius 1 is 1.11 bits per heavy atom. The van der Waals surface area contributed by atoms with Gasteiger partial charge in [0, 0.05) is 49.3 Å². The summed E-state index contributed by atoms with van der Waals surface area (Å²) in [6.07, 6.45) is 0. The van der Waals surface area contributed by atoms with Gasteiger partial charge in [0.25, 0.3) is 5.91 Å². The van der Waals surface area contributed by atoms with Gasteiger partial charge < -0.3 is 9.80 Å². The van der Waals surface area contributed by atoms with E-state index in [1.165, 1.54) is 0 Å². The number of hydrogen-bond acceptors (Lipinski definition) is 4. The molecule has 1 aromatic carbocycles. The van der Waals surface area contributed by atoms with Gasteiger partial charge in [-0.15, -0.1) is 0 Å². The van der Waals surface area contributed by atoms with E-state index in [9.17, 15) is 9.59 Å². The average Bonchev–Trinajstić information content (AvgIpc) is 3.20. The van der Waals surface area contributed by atoms with Crippen LogP contribution in [0.2, 0.25) is 0 Å². The van der Waals surface area contributed by atoms with Gasteiger partial charge >= 0.3 is 0 Å². The van der Waals surface area contributed by atoms with Gasteiger partial charge in [0.1, 0.15) is 5.69 Å². The highest BCUT2D eigenvalue weighted by Crippen LogP contribution is 2.21. The Balaban J connectivity index is 1.55. The topological polar surface area (TPSA) is 72.5 Å². The minimum atomic E-state index is -0.0504. The summed E-state index contributed by atoms with van der Waals surface area (Å²) in [5, 5.41) is 7.14. The first kappa shape index (κ1) is 20.5. The number of halogens is 1. The standard InChI is InChI=1S/C20H26BrN5O2/c1-3-25(4-2)19(27)14-24-9-11-26(12-10-24)20(28)18-13-17(22-23-18)15-5-7-16(21)8-6-15/h5-8,13H,3-4,9-12,14H2,1-2H3,(H,22,23). The number of aromatic nitrogens is 2. The van der Waals surface area contributed by atoms with E-state index in [0.29, 0.717) is 38.4 Å². The molecule has 1 aliphatic rings. The number of rotatable bonds is 6. The fraction of sp³-hybridized carbons (Fsp3) is 0.450. The van der Waals surface area contributed by atoms with E-state index in [-0.39, 0.29) is 11.8 Å². The number of nitrogens with one attached hydrogen (secondary N) is 1. The second-order valence-electron chi connectivity index (χ2n) is 6.81. The second-order valence-corrected chi connectivity index (χ2v) is 7.72. The molecular formula is C20H26BrN5O2. The third kappa shape index (κ3) is 4.80. The molecule has 28 heavy (non-hydrogen) atoms. The molecule has 8 heteroatoms. The zero-order valence-corrected chi connectivity index (χ0v) is 17.9. The molecule has 0 spiro atoms. The van der Waals surface area contributed by atoms with E-state index >= 15 is 0 Å². The van der Waals surface area contributed by atoms with Crippen molar-refractivity contribution in [3.8, 4) is 11.3 Å². The number of piperazine rings is 1. The molecule has 2 aromatic rings. The van der Waals surface area contributed by atoms with E-state index in [4.69, 9.17) is 0 Å². The number of carbonyl (C=O) groups excluding carboxylic acids is 2. The van der Waals surface area contributed by atoms with Crippen LogP contribution in [0.25, 0.3) is 11.3 Å². The second kappa shape index (κ2) is 9.34. The van der Waals surface area contributed by atoms with Crippen molar-refractivity contribution >= 4 is 27.7 Å². The highest BCUT2D eigenvalue weighted by molar-refractivity contribution is 9.10. The molecule has 1 aliphatic heterocycles. The first-order chi connectivity index (χ1) is 13.5. The van der Waals surface area contributed by atoms with E-state index in [1.807, 2.05) is 47.9 Å². The lowest BCUT2D eigenvalue weighted by atomic mass is 10.1. The van der Waals surface area contributed by atoms with Crippen LogP contribution in [0.15, 0.2) is 34.8 Å². The molecule has 0 radical (unpaired) electrons. The highest BCUT2D eigenvalue weighted by Gasteiger charge is 2.25. The summed E-state index contributed by atoms with van der Waals surface area (Å²) in [5.41, 5.74) is 2.20. The van der Waals surface area contributed by atoms with E-state index in [2.05, 4.69) is 31.0 Å². The van der Waals surface area contributed by atoms with E-state index in [0.717, 1.165) is 28.8 Å². The predicted molar refractivity (Wildman–Crippen MR) is 112 cm³/mol. The van der Waals surface area contributed by atoms with Crippen LogP contribution in [0.3, 0.4) is 0 Å². The Labute approximate surface area is 173 Å². The number of benzene rings is 1. The van der Waals surface area contributed by atoms with Crippen LogP contribution in [0.4, 0.5) is 0 Å². The molecule has 0 saturated carbocycles. The Morgan fingerprint density at radius 3 is 2.36 bits per heavy atom. The van der Waals surface area contributed by atoms with Crippen molar-refractivity contribution in [2.45, 2.75) is 13.8 Å². The maximum Gasteiger partial charge on any atom is 0.271 e. The molecule has 0 unspecified atom stereocenters. The normalized spacial score (nSPS) is 14.9. The summed E-state index contributed by atoms with van der Waals surface area (Å²) in [6.45, 7) is 8.48. The Kier molecular flexibility index (Phi) is 6.85. The van der Waals surface area contributed by atoms with Gasteiger partial charge in [0.05, 0.1) is 12.2 Å². The first-order valence-electron chi connectivity index (χ1n) is 9.62. The fourth-order valence-electron chi connectivity index (χ4n) is 3.35. The molecule has 1 N–H and O–H groups in total. The van der Waals surface area contributed by atoms with Crippen LogP contribution >= 0.6 is 15.9 Å². The van der Waals surface area contributed by atoms with Crippen LogP contribution in [-0.4, -0.2) is 82.5 Å². The maximum atomic E-state index is 12.8. The summed E-state index contributed by atoms with van der Waals surface area (Å²) >= 11 is 3.42. The number of amides is 2. The molecule has 150 valence electrons. The van der Waals surface area contributed by atoms with Crippen LogP contribution < -0.4 is 0 Å². The summed E-state index contributed by atoms with van der Waals surface area (Å²) in [6, 6.07) is 9.61. The number of hydrogen-bond donors (Lipinski definition) is 1. The molecule has 1 fully saturated rings. The van der Waals surface area contributed by atoms with Crippen LogP contribution in [0.5, 0.6) is 0 Å². The molecule has 0 aliphatic carbocycles. The van der Waals surface area contributed by atoms with Crippen molar-refractivity contribution in [2.24, 2.45) is 0 Å². The molecule has 2 amide bonds. The van der Waals surface area contributed by atoms with E-state index < -0.39 is 0 Å². The lowest BCUT2D eigenvalue weighted by Gasteiger charge is -2.35. The lowest BCUT2D eigenvalue weighted by Crippen LogP contribution is -2.51. The van der Waals surface area contributed by atoms with Gasteiger partial charge in [-0.3, -0.25) is 19.6 Å². The van der Waals surface area contributed by atoms with Gasteiger partial charge in [-0.25, -0.2) is 0 Å². The van der Waals surface area contributed by atoms with Gasteiger partial charge in [-0.2, -0.15) is 5.10 Å². The monoisotopic (exact) mass is 447 g/mol. The largest absolute Gasteiger partial charge is 0.342 e. The van der Waals surface area contributed by atoms with Gasteiger partial charge in [-0.1, -0.05) is 28.1 Å². The summed E-state index contributed by atoms with van der Waals surface area (Å²) in [5.74, 6) is 0.100. The molecule has 2 heterocycles. The Bertz CT molecular complexity index is 808. The van der Waals surface area contributed by atoms with Crippen molar-refractivity contribution < 1.29 is 9.59 Å².